The Balaban J connectivity index is 1.73. The summed E-state index contributed by atoms with van der Waals surface area (Å²) in [7, 11) is 0. The number of carbonyl (C=O) groups excluding carboxylic acids is 2. The smallest absolute Gasteiger partial charge is 0.226 e. The van der Waals surface area contributed by atoms with Crippen LogP contribution in [0.2, 0.25) is 0 Å². The topological polar surface area (TPSA) is 77.5 Å². The number of ether oxygens (including phenoxy) is 2. The number of hydrogen-bond donors (Lipinski definition) is 1. The number of hydrogen-bond acceptors (Lipinski definition) is 6. The number of aromatic nitrogens is 1. The van der Waals surface area contributed by atoms with Crippen molar-refractivity contribution in [2.75, 3.05) is 18.5 Å². The van der Waals surface area contributed by atoms with Gasteiger partial charge in [-0.05, 0) is 25.5 Å². The first-order valence-corrected chi connectivity index (χ1v) is 8.59. The molecule has 0 fully saturated rings. The first kappa shape index (κ1) is 17.9. The molecule has 0 aliphatic rings. The molecule has 0 aliphatic heterocycles. The molecule has 1 N–H and O–H groups in total. The minimum atomic E-state index is -0.152. The number of thiazole rings is 1. The van der Waals surface area contributed by atoms with Crippen molar-refractivity contribution in [1.82, 2.24) is 4.98 Å². The van der Waals surface area contributed by atoms with Crippen LogP contribution in [-0.2, 0) is 4.79 Å². The Bertz CT molecular complexity index is 699. The molecule has 0 saturated heterocycles. The van der Waals surface area contributed by atoms with Crippen molar-refractivity contribution in [3.8, 4) is 11.5 Å². The maximum Gasteiger partial charge on any atom is 0.226 e. The van der Waals surface area contributed by atoms with Gasteiger partial charge in [-0.3, -0.25) is 9.59 Å². The first-order chi connectivity index (χ1) is 11.6. The predicted molar refractivity (Wildman–Crippen MR) is 93.1 cm³/mol. The minimum absolute atomic E-state index is 0.117. The van der Waals surface area contributed by atoms with Gasteiger partial charge in [-0.1, -0.05) is 12.1 Å². The van der Waals surface area contributed by atoms with Gasteiger partial charge in [-0.2, -0.15) is 0 Å². The highest BCUT2D eigenvalue weighted by Crippen LogP contribution is 2.26. The van der Waals surface area contributed by atoms with Crippen LogP contribution in [0.25, 0.3) is 0 Å². The largest absolute Gasteiger partial charge is 0.490 e. The van der Waals surface area contributed by atoms with Crippen molar-refractivity contribution in [1.29, 1.82) is 0 Å². The first-order valence-electron chi connectivity index (χ1n) is 7.71. The summed E-state index contributed by atoms with van der Waals surface area (Å²) < 4.78 is 11.1. The Morgan fingerprint density at radius 1 is 1.21 bits per heavy atom. The number of benzene rings is 1. The normalized spacial score (nSPS) is 10.2. The zero-order chi connectivity index (χ0) is 17.4. The number of Topliss-reactive ketones (excluding diaryl/α,β-unsaturated/α-hetero) is 1. The van der Waals surface area contributed by atoms with Crippen LogP contribution < -0.4 is 14.8 Å². The van der Waals surface area contributed by atoms with Crippen LogP contribution in [0.4, 0.5) is 5.13 Å². The van der Waals surface area contributed by atoms with Crippen molar-refractivity contribution in [2.45, 2.75) is 26.7 Å². The summed E-state index contributed by atoms with van der Waals surface area (Å²) in [5.74, 6) is 1.10. The number of para-hydroxylation sites is 2. The molecule has 0 spiro atoms. The molecule has 0 unspecified atom stereocenters. The molecule has 1 amide bonds. The molecule has 1 aromatic heterocycles. The predicted octanol–water partition coefficient (Wildman–Crippen LogP) is 3.54. The molecule has 0 atom stereocenters. The highest BCUT2D eigenvalue weighted by molar-refractivity contribution is 7.14. The summed E-state index contributed by atoms with van der Waals surface area (Å²) in [5.41, 5.74) is 0.367. The highest BCUT2D eigenvalue weighted by Gasteiger charge is 2.09. The van der Waals surface area contributed by atoms with Crippen molar-refractivity contribution < 1.29 is 19.1 Å². The van der Waals surface area contributed by atoms with Crippen LogP contribution in [0, 0.1) is 0 Å². The van der Waals surface area contributed by atoms with Gasteiger partial charge in [0, 0.05) is 18.7 Å². The van der Waals surface area contributed by atoms with E-state index in [2.05, 4.69) is 10.3 Å². The fourth-order valence-corrected chi connectivity index (χ4v) is 2.70. The van der Waals surface area contributed by atoms with Crippen LogP contribution in [0.3, 0.4) is 0 Å². The lowest BCUT2D eigenvalue weighted by atomic mass is 10.3. The van der Waals surface area contributed by atoms with Gasteiger partial charge >= 0.3 is 0 Å². The second-order valence-electron chi connectivity index (χ2n) is 4.97. The molecule has 128 valence electrons. The molecular formula is C17H20N2O4S. The minimum Gasteiger partial charge on any atom is -0.490 e. The van der Waals surface area contributed by atoms with E-state index >= 15 is 0 Å². The molecule has 0 aliphatic carbocycles. The van der Waals surface area contributed by atoms with Gasteiger partial charge in [-0.15, -0.1) is 11.3 Å². The molecule has 1 aromatic carbocycles. The van der Waals surface area contributed by atoms with E-state index in [1.54, 1.807) is 5.38 Å². The molecule has 7 heteroatoms. The third-order valence-electron chi connectivity index (χ3n) is 3.07. The van der Waals surface area contributed by atoms with E-state index in [9.17, 15) is 9.59 Å². The zero-order valence-electron chi connectivity index (χ0n) is 13.7. The number of amides is 1. The number of nitrogens with one attached hydrogen (secondary N) is 1. The van der Waals surface area contributed by atoms with Gasteiger partial charge in [0.15, 0.2) is 22.4 Å². The number of carbonyl (C=O) groups is 2. The van der Waals surface area contributed by atoms with Gasteiger partial charge in [0.05, 0.1) is 13.2 Å². The number of ketones is 1. The van der Waals surface area contributed by atoms with Gasteiger partial charge in [0.2, 0.25) is 5.91 Å². The van der Waals surface area contributed by atoms with E-state index in [0.717, 1.165) is 0 Å². The van der Waals surface area contributed by atoms with Crippen LogP contribution in [-0.4, -0.2) is 29.9 Å². The zero-order valence-corrected chi connectivity index (χ0v) is 14.5. The van der Waals surface area contributed by atoms with E-state index in [1.165, 1.54) is 18.3 Å². The summed E-state index contributed by atoms with van der Waals surface area (Å²) in [6, 6.07) is 7.44. The molecule has 1 heterocycles. The Hall–Kier alpha value is -2.41. The van der Waals surface area contributed by atoms with Crippen molar-refractivity contribution in [3.63, 3.8) is 0 Å². The Morgan fingerprint density at radius 3 is 2.54 bits per heavy atom. The van der Waals surface area contributed by atoms with E-state index in [4.69, 9.17) is 9.47 Å². The summed E-state index contributed by atoms with van der Waals surface area (Å²) in [4.78, 5) is 27.1. The van der Waals surface area contributed by atoms with Crippen molar-refractivity contribution in [2.24, 2.45) is 0 Å². The van der Waals surface area contributed by atoms with Gasteiger partial charge < -0.3 is 14.8 Å². The third kappa shape index (κ3) is 5.34. The number of rotatable bonds is 9. The monoisotopic (exact) mass is 348 g/mol. The van der Waals surface area contributed by atoms with E-state index in [-0.39, 0.29) is 11.7 Å². The standard InChI is InChI=1S/C17H20N2O4S/c1-3-22-14-7-4-5-8-15(14)23-10-6-9-16(21)19-17-18-13(11-24-17)12(2)20/h4-5,7-8,11H,3,6,9-10H2,1-2H3,(H,18,19,21). The maximum absolute atomic E-state index is 11.9. The quantitative estimate of drug-likeness (QED) is 0.554. The van der Waals surface area contributed by atoms with E-state index in [1.807, 2.05) is 31.2 Å². The molecule has 0 radical (unpaired) electrons. The average Bonchev–Trinajstić information content (AvgIpc) is 3.02. The molecule has 24 heavy (non-hydrogen) atoms. The maximum atomic E-state index is 11.9. The molecular weight excluding hydrogens is 328 g/mol. The Labute approximate surface area is 144 Å². The second-order valence-corrected chi connectivity index (χ2v) is 5.83. The SMILES string of the molecule is CCOc1ccccc1OCCCC(=O)Nc1nc(C(C)=O)cs1. The van der Waals surface area contributed by atoms with Gasteiger partial charge in [0.25, 0.3) is 0 Å². The lowest BCUT2D eigenvalue weighted by Crippen LogP contribution is -2.13. The summed E-state index contributed by atoms with van der Waals surface area (Å²) in [6.45, 7) is 4.34. The lowest BCUT2D eigenvalue weighted by Gasteiger charge is -2.11. The lowest BCUT2D eigenvalue weighted by molar-refractivity contribution is -0.116. The molecule has 2 aromatic rings. The van der Waals surface area contributed by atoms with E-state index in [0.29, 0.717) is 48.4 Å². The highest BCUT2D eigenvalue weighted by atomic mass is 32.1. The molecule has 0 bridgehead atoms. The summed E-state index contributed by atoms with van der Waals surface area (Å²) in [6.07, 6.45) is 0.878. The number of nitrogens with zero attached hydrogens (tertiary/aromatic N) is 1. The van der Waals surface area contributed by atoms with E-state index < -0.39 is 0 Å². The fraction of sp³-hybridized carbons (Fsp3) is 0.353. The van der Waals surface area contributed by atoms with Crippen LogP contribution >= 0.6 is 11.3 Å². The summed E-state index contributed by atoms with van der Waals surface area (Å²) >= 11 is 1.24. The van der Waals surface area contributed by atoms with Crippen LogP contribution in [0.5, 0.6) is 11.5 Å². The Morgan fingerprint density at radius 2 is 1.92 bits per heavy atom. The average molecular weight is 348 g/mol. The van der Waals surface area contributed by atoms with Crippen LogP contribution in [0.1, 0.15) is 37.2 Å². The van der Waals surface area contributed by atoms with Crippen molar-refractivity contribution in [3.05, 3.63) is 35.3 Å². The summed E-state index contributed by atoms with van der Waals surface area (Å²) in [5, 5.41) is 4.75. The van der Waals surface area contributed by atoms with Gasteiger partial charge in [-0.25, -0.2) is 4.98 Å². The third-order valence-corrected chi connectivity index (χ3v) is 3.82. The fourth-order valence-electron chi connectivity index (χ4n) is 1.93. The number of anilines is 1. The molecule has 0 saturated carbocycles. The van der Waals surface area contributed by atoms with Crippen LogP contribution in [0.15, 0.2) is 29.6 Å². The second kappa shape index (κ2) is 9.02. The van der Waals surface area contributed by atoms with Gasteiger partial charge in [0.1, 0.15) is 5.69 Å². The molecule has 2 rings (SSSR count). The van der Waals surface area contributed by atoms with Crippen molar-refractivity contribution >= 4 is 28.2 Å². The molecule has 6 nitrogen and oxygen atoms in total. The Kier molecular flexibility index (Phi) is 6.74.